The lowest BCUT2D eigenvalue weighted by atomic mass is 9.99. The number of ketones is 2. The summed E-state index contributed by atoms with van der Waals surface area (Å²) in [6.07, 6.45) is 0. The number of aromatic nitrogens is 5. The van der Waals surface area contributed by atoms with E-state index in [2.05, 4.69) is 24.9 Å². The summed E-state index contributed by atoms with van der Waals surface area (Å²) in [5.74, 6) is 1.11. The Morgan fingerprint density at radius 2 is 1.40 bits per heavy atom. The van der Waals surface area contributed by atoms with Crippen molar-refractivity contribution in [2.45, 2.75) is 24.2 Å². The second-order valence-corrected chi connectivity index (χ2v) is 9.60. The first-order valence-electron chi connectivity index (χ1n) is 10.3. The molecule has 0 unspecified atom stereocenters. The highest BCUT2D eigenvalue weighted by atomic mass is 32.2. The number of ether oxygens (including phenoxy) is 2. The molecule has 1 aliphatic heterocycles. The van der Waals surface area contributed by atoms with Crippen molar-refractivity contribution in [2.75, 3.05) is 18.3 Å². The van der Waals surface area contributed by atoms with Crippen LogP contribution in [0.4, 0.5) is 0 Å². The second kappa shape index (κ2) is 9.15. The topological polar surface area (TPSA) is 157 Å². The van der Waals surface area contributed by atoms with Crippen molar-refractivity contribution < 1.29 is 19.1 Å². The van der Waals surface area contributed by atoms with Gasteiger partial charge in [-0.1, -0.05) is 29.6 Å². The SMILES string of the molecule is CC(=O)CSc1nc2nc3nc(SCC(C)=O)[nH]c(=O)c3c(-c3ccc4c(c3)OCO4)c2c(=O)[nH]1. The summed E-state index contributed by atoms with van der Waals surface area (Å²) in [6.45, 7) is 2.94. The molecule has 0 aliphatic carbocycles. The molecule has 0 fully saturated rings. The molecule has 0 spiro atoms. The number of hydrogen-bond acceptors (Lipinski definition) is 11. The maximum absolute atomic E-state index is 13.2. The van der Waals surface area contributed by atoms with Gasteiger partial charge in [-0.2, -0.15) is 0 Å². The molecule has 5 rings (SSSR count). The maximum atomic E-state index is 13.2. The highest BCUT2D eigenvalue weighted by Gasteiger charge is 2.23. The normalized spacial score (nSPS) is 12.4. The van der Waals surface area contributed by atoms with Crippen LogP contribution in [0.15, 0.2) is 38.1 Å². The van der Waals surface area contributed by atoms with E-state index in [0.717, 1.165) is 23.5 Å². The number of thioether (sulfide) groups is 2. The molecule has 3 aromatic heterocycles. The van der Waals surface area contributed by atoms with Crippen LogP contribution in [0.1, 0.15) is 13.8 Å². The predicted octanol–water partition coefficient (Wildman–Crippen LogP) is 2.31. The smallest absolute Gasteiger partial charge is 0.261 e. The van der Waals surface area contributed by atoms with Crippen molar-refractivity contribution >= 4 is 57.2 Å². The molecule has 1 aromatic carbocycles. The van der Waals surface area contributed by atoms with Crippen LogP contribution in [0, 0.1) is 0 Å². The molecule has 0 amide bonds. The number of rotatable bonds is 7. The van der Waals surface area contributed by atoms with Crippen molar-refractivity contribution in [1.82, 2.24) is 24.9 Å². The zero-order valence-corrected chi connectivity index (χ0v) is 20.1. The molecule has 0 atom stereocenters. The molecular weight excluding hydrogens is 494 g/mol. The van der Waals surface area contributed by atoms with Crippen LogP contribution in [-0.2, 0) is 9.59 Å². The Balaban J connectivity index is 1.80. The standard InChI is InChI=1S/C22H17N5O6S2/c1-9(28)6-34-21-24-17-15(19(30)26-21)14(11-3-4-12-13(5-11)33-8-32-12)16-18(23-17)25-22(27-20(16)31)35-7-10(2)29/h3-5H,6-8H2,1-2H3,(H2,23,24,25,26,27,30,31). The van der Waals surface area contributed by atoms with Gasteiger partial charge in [-0.25, -0.2) is 15.0 Å². The number of Topliss-reactive ketones (excluding diaryl/α,β-unsaturated/α-hetero) is 2. The molecule has 2 N–H and O–H groups in total. The molecule has 4 heterocycles. The van der Waals surface area contributed by atoms with Crippen molar-refractivity contribution in [3.8, 4) is 22.6 Å². The van der Waals surface area contributed by atoms with E-state index >= 15 is 0 Å². The highest BCUT2D eigenvalue weighted by molar-refractivity contribution is 8.00. The fraction of sp³-hybridized carbons (Fsp3) is 0.227. The van der Waals surface area contributed by atoms with Gasteiger partial charge in [0.1, 0.15) is 11.6 Å². The van der Waals surface area contributed by atoms with Crippen LogP contribution in [0.3, 0.4) is 0 Å². The first-order valence-corrected chi connectivity index (χ1v) is 12.3. The number of carbonyl (C=O) groups is 2. The van der Waals surface area contributed by atoms with Crippen LogP contribution in [-0.4, -0.2) is 54.8 Å². The Kier molecular flexibility index (Phi) is 6.03. The molecule has 0 bridgehead atoms. The van der Waals surface area contributed by atoms with Crippen LogP contribution in [0.25, 0.3) is 33.2 Å². The third-order valence-corrected chi connectivity index (χ3v) is 6.99. The second-order valence-electron chi connectivity index (χ2n) is 7.68. The Morgan fingerprint density at radius 1 is 0.857 bits per heavy atom. The van der Waals surface area contributed by atoms with Gasteiger partial charge in [0.2, 0.25) is 6.79 Å². The summed E-state index contributed by atoms with van der Waals surface area (Å²) in [6, 6.07) is 5.07. The minimum Gasteiger partial charge on any atom is -0.454 e. The van der Waals surface area contributed by atoms with E-state index in [1.807, 2.05) is 0 Å². The third kappa shape index (κ3) is 4.51. The fourth-order valence-electron chi connectivity index (χ4n) is 3.54. The number of fused-ring (bicyclic) bond motifs is 3. The Bertz CT molecular complexity index is 1560. The van der Waals surface area contributed by atoms with Gasteiger partial charge in [0.15, 0.2) is 33.1 Å². The lowest BCUT2D eigenvalue weighted by Crippen LogP contribution is -2.17. The van der Waals surface area contributed by atoms with Crippen molar-refractivity contribution in [2.24, 2.45) is 0 Å². The summed E-state index contributed by atoms with van der Waals surface area (Å²) >= 11 is 2.15. The van der Waals surface area contributed by atoms with Crippen LogP contribution < -0.4 is 20.6 Å². The zero-order valence-electron chi connectivity index (χ0n) is 18.5. The van der Waals surface area contributed by atoms with E-state index in [1.54, 1.807) is 18.2 Å². The number of benzene rings is 1. The molecule has 1 aliphatic rings. The van der Waals surface area contributed by atoms with Gasteiger partial charge in [-0.05, 0) is 31.5 Å². The molecule has 13 heteroatoms. The van der Waals surface area contributed by atoms with E-state index in [1.165, 1.54) is 13.8 Å². The first-order chi connectivity index (χ1) is 16.8. The van der Waals surface area contributed by atoms with E-state index in [4.69, 9.17) is 9.47 Å². The molecule has 178 valence electrons. The molecule has 11 nitrogen and oxygen atoms in total. The lowest BCUT2D eigenvalue weighted by Gasteiger charge is -2.11. The number of carbonyl (C=O) groups excluding carboxylic acids is 2. The summed E-state index contributed by atoms with van der Waals surface area (Å²) in [4.78, 5) is 67.8. The van der Waals surface area contributed by atoms with Crippen LogP contribution in [0.5, 0.6) is 11.5 Å². The largest absolute Gasteiger partial charge is 0.454 e. The van der Waals surface area contributed by atoms with Crippen LogP contribution >= 0.6 is 23.5 Å². The lowest BCUT2D eigenvalue weighted by molar-refractivity contribution is -0.115. The van der Waals surface area contributed by atoms with Crippen molar-refractivity contribution in [3.05, 3.63) is 38.9 Å². The van der Waals surface area contributed by atoms with Crippen LogP contribution in [0.2, 0.25) is 0 Å². The summed E-state index contributed by atoms with van der Waals surface area (Å²) in [7, 11) is 0. The number of H-pyrrole nitrogens is 2. The van der Waals surface area contributed by atoms with Gasteiger partial charge in [-0.3, -0.25) is 19.2 Å². The molecule has 4 aromatic rings. The third-order valence-electron chi connectivity index (χ3n) is 4.95. The fourth-order valence-corrected chi connectivity index (χ4v) is 4.85. The van der Waals surface area contributed by atoms with E-state index < -0.39 is 11.1 Å². The minimum atomic E-state index is -0.516. The average molecular weight is 512 g/mol. The molecule has 0 saturated heterocycles. The number of nitrogens with one attached hydrogen (secondary N) is 2. The Hall–Kier alpha value is -3.71. The van der Waals surface area contributed by atoms with Gasteiger partial charge in [0, 0.05) is 5.56 Å². The Labute approximate surface area is 205 Å². The molecule has 0 saturated carbocycles. The number of hydrogen-bond donors (Lipinski definition) is 2. The molecular formula is C22H17N5O6S2. The van der Waals surface area contributed by atoms with Gasteiger partial charge < -0.3 is 19.4 Å². The monoisotopic (exact) mass is 511 g/mol. The summed E-state index contributed by atoms with van der Waals surface area (Å²) in [5, 5.41) is 0.634. The van der Waals surface area contributed by atoms with E-state index in [9.17, 15) is 19.2 Å². The summed E-state index contributed by atoms with van der Waals surface area (Å²) < 4.78 is 10.9. The number of pyridine rings is 1. The highest BCUT2D eigenvalue weighted by Crippen LogP contribution is 2.39. The van der Waals surface area contributed by atoms with Gasteiger partial charge in [0.25, 0.3) is 11.1 Å². The van der Waals surface area contributed by atoms with Gasteiger partial charge >= 0.3 is 0 Å². The number of aromatic amines is 2. The first kappa shape index (κ1) is 23.1. The predicted molar refractivity (Wildman–Crippen MR) is 130 cm³/mol. The quantitative estimate of drug-likeness (QED) is 0.213. The van der Waals surface area contributed by atoms with Crippen molar-refractivity contribution in [3.63, 3.8) is 0 Å². The van der Waals surface area contributed by atoms with Crippen molar-refractivity contribution in [1.29, 1.82) is 0 Å². The maximum Gasteiger partial charge on any atom is 0.261 e. The minimum absolute atomic E-state index is 0.0639. The number of nitrogens with zero attached hydrogens (tertiary/aromatic N) is 3. The Morgan fingerprint density at radius 3 is 1.94 bits per heavy atom. The van der Waals surface area contributed by atoms with Gasteiger partial charge in [0.05, 0.1) is 22.3 Å². The zero-order chi connectivity index (χ0) is 24.7. The molecule has 0 radical (unpaired) electrons. The van der Waals surface area contributed by atoms with E-state index in [0.29, 0.717) is 17.1 Å². The van der Waals surface area contributed by atoms with E-state index in [-0.39, 0.29) is 67.8 Å². The van der Waals surface area contributed by atoms with Gasteiger partial charge in [-0.15, -0.1) is 0 Å². The molecule has 35 heavy (non-hydrogen) atoms. The summed E-state index contributed by atoms with van der Waals surface area (Å²) in [5.41, 5.74) is -0.0900. The average Bonchev–Trinajstić information content (AvgIpc) is 3.28.